The maximum atomic E-state index is 12.1. The molecule has 0 saturated heterocycles. The predicted molar refractivity (Wildman–Crippen MR) is 77.3 cm³/mol. The van der Waals surface area contributed by atoms with Crippen molar-refractivity contribution in [3.63, 3.8) is 0 Å². The number of halogens is 1. The molecular weight excluding hydrogens is 350 g/mol. The van der Waals surface area contributed by atoms with Gasteiger partial charge in [0.25, 0.3) is 0 Å². The molecule has 8 heteroatoms. The van der Waals surface area contributed by atoms with Crippen molar-refractivity contribution in [1.82, 2.24) is 4.72 Å². The van der Waals surface area contributed by atoms with E-state index in [0.29, 0.717) is 10.0 Å². The van der Waals surface area contributed by atoms with Crippen LogP contribution in [0.25, 0.3) is 0 Å². The summed E-state index contributed by atoms with van der Waals surface area (Å²) in [6.45, 7) is 4.32. The number of nitrogens with one attached hydrogen (secondary N) is 1. The molecule has 0 atom stereocenters. The van der Waals surface area contributed by atoms with Crippen molar-refractivity contribution in [1.29, 1.82) is 0 Å². The third-order valence-corrected chi connectivity index (χ3v) is 4.76. The van der Waals surface area contributed by atoms with Crippen molar-refractivity contribution < 1.29 is 23.4 Å². The molecule has 0 amide bonds. The number of carboxylic acid groups (broad SMARTS) is 1. The van der Waals surface area contributed by atoms with E-state index in [4.69, 9.17) is 5.11 Å². The second-order valence-corrected chi connectivity index (χ2v) is 7.64. The molecule has 0 bridgehead atoms. The first-order valence-corrected chi connectivity index (χ1v) is 7.97. The number of aromatic carboxylic acids is 1. The van der Waals surface area contributed by atoms with Gasteiger partial charge in [0.05, 0.1) is 16.1 Å². The SMILES string of the molecule is Cc1c(Br)cc(S(=O)(=O)NCC(C)(C)O)cc1C(=O)O. The van der Waals surface area contributed by atoms with Crippen LogP contribution in [0.3, 0.4) is 0 Å². The molecule has 1 aromatic rings. The fourth-order valence-electron chi connectivity index (χ4n) is 1.39. The fraction of sp³-hybridized carbons (Fsp3) is 0.417. The zero-order valence-corrected chi connectivity index (χ0v) is 13.7. The standard InChI is InChI=1S/C12H16BrNO5S/c1-7-9(11(15)16)4-8(5-10(7)13)20(18,19)14-6-12(2,3)17/h4-5,14,17H,6H2,1-3H3,(H,15,16). The fourth-order valence-corrected chi connectivity index (χ4v) is 3.25. The van der Waals surface area contributed by atoms with Gasteiger partial charge in [0.1, 0.15) is 0 Å². The summed E-state index contributed by atoms with van der Waals surface area (Å²) in [7, 11) is -3.89. The van der Waals surface area contributed by atoms with Gasteiger partial charge >= 0.3 is 5.97 Å². The molecule has 0 heterocycles. The Labute approximate surface area is 126 Å². The first kappa shape index (κ1) is 17.1. The highest BCUT2D eigenvalue weighted by Gasteiger charge is 2.22. The van der Waals surface area contributed by atoms with Gasteiger partial charge in [0.2, 0.25) is 10.0 Å². The number of carboxylic acids is 1. The number of hydrogen-bond donors (Lipinski definition) is 3. The topological polar surface area (TPSA) is 104 Å². The average molecular weight is 366 g/mol. The van der Waals surface area contributed by atoms with Gasteiger partial charge < -0.3 is 10.2 Å². The van der Waals surface area contributed by atoms with Gasteiger partial charge in [-0.2, -0.15) is 0 Å². The predicted octanol–water partition coefficient (Wildman–Crippen LogP) is 1.50. The van der Waals surface area contributed by atoms with Gasteiger partial charge in [-0.1, -0.05) is 15.9 Å². The van der Waals surface area contributed by atoms with Gasteiger partial charge in [-0.3, -0.25) is 0 Å². The summed E-state index contributed by atoms with van der Waals surface area (Å²) in [4.78, 5) is 10.9. The van der Waals surface area contributed by atoms with Crippen LogP contribution < -0.4 is 4.72 Å². The first-order valence-electron chi connectivity index (χ1n) is 5.69. The Hall–Kier alpha value is -0.960. The van der Waals surface area contributed by atoms with Crippen LogP contribution in [-0.2, 0) is 10.0 Å². The number of carbonyl (C=O) groups is 1. The van der Waals surface area contributed by atoms with E-state index < -0.39 is 21.6 Å². The third-order valence-electron chi connectivity index (χ3n) is 2.55. The maximum absolute atomic E-state index is 12.1. The van der Waals surface area contributed by atoms with Crippen molar-refractivity contribution in [2.75, 3.05) is 6.54 Å². The Bertz CT molecular complexity index is 634. The molecule has 0 unspecified atom stereocenters. The molecule has 0 radical (unpaired) electrons. The molecule has 20 heavy (non-hydrogen) atoms. The first-order chi connectivity index (χ1) is 8.94. The van der Waals surface area contributed by atoms with Gasteiger partial charge in [-0.15, -0.1) is 0 Å². The van der Waals surface area contributed by atoms with Crippen LogP contribution >= 0.6 is 15.9 Å². The van der Waals surface area contributed by atoms with Crippen molar-refractivity contribution in [2.45, 2.75) is 31.3 Å². The normalized spacial score (nSPS) is 12.4. The van der Waals surface area contributed by atoms with Crippen LogP contribution in [0, 0.1) is 6.92 Å². The Kier molecular flexibility index (Phi) is 4.96. The van der Waals surface area contributed by atoms with Crippen LogP contribution in [0.2, 0.25) is 0 Å². The maximum Gasteiger partial charge on any atom is 0.336 e. The number of benzene rings is 1. The van der Waals surface area contributed by atoms with E-state index in [-0.39, 0.29) is 17.0 Å². The molecule has 0 aliphatic rings. The highest BCUT2D eigenvalue weighted by Crippen LogP contribution is 2.25. The average Bonchev–Trinajstić information content (AvgIpc) is 2.28. The lowest BCUT2D eigenvalue weighted by Crippen LogP contribution is -2.38. The molecule has 0 aliphatic heterocycles. The van der Waals surface area contributed by atoms with Crippen LogP contribution in [0.5, 0.6) is 0 Å². The van der Waals surface area contributed by atoms with Gasteiger partial charge in [-0.05, 0) is 38.5 Å². The quantitative estimate of drug-likeness (QED) is 0.733. The van der Waals surface area contributed by atoms with E-state index in [0.717, 1.165) is 6.07 Å². The minimum Gasteiger partial charge on any atom is -0.478 e. The number of hydrogen-bond acceptors (Lipinski definition) is 4. The largest absolute Gasteiger partial charge is 0.478 e. The summed E-state index contributed by atoms with van der Waals surface area (Å²) in [6, 6.07) is 2.42. The molecule has 1 aromatic carbocycles. The Morgan fingerprint density at radius 2 is 1.95 bits per heavy atom. The second-order valence-electron chi connectivity index (χ2n) is 5.02. The van der Waals surface area contributed by atoms with E-state index in [1.165, 1.54) is 19.9 Å². The van der Waals surface area contributed by atoms with E-state index in [2.05, 4.69) is 20.7 Å². The minimum absolute atomic E-state index is 0.0944. The van der Waals surface area contributed by atoms with Gasteiger partial charge in [-0.25, -0.2) is 17.9 Å². The van der Waals surface area contributed by atoms with E-state index in [1.54, 1.807) is 6.92 Å². The summed E-state index contributed by atoms with van der Waals surface area (Å²) in [5, 5.41) is 18.6. The summed E-state index contributed by atoms with van der Waals surface area (Å²) in [5.74, 6) is -1.21. The summed E-state index contributed by atoms with van der Waals surface area (Å²) in [6.07, 6.45) is 0. The molecule has 0 fully saturated rings. The number of sulfonamides is 1. The lowest BCUT2D eigenvalue weighted by Gasteiger charge is -2.18. The number of rotatable bonds is 5. The second kappa shape index (κ2) is 5.80. The molecule has 0 saturated carbocycles. The third kappa shape index (κ3) is 4.27. The Morgan fingerprint density at radius 1 is 1.40 bits per heavy atom. The highest BCUT2D eigenvalue weighted by molar-refractivity contribution is 9.10. The lowest BCUT2D eigenvalue weighted by atomic mass is 10.1. The molecule has 3 N–H and O–H groups in total. The van der Waals surface area contributed by atoms with Gasteiger partial charge in [0.15, 0.2) is 0 Å². The monoisotopic (exact) mass is 365 g/mol. The molecule has 1 rings (SSSR count). The Balaban J connectivity index is 3.23. The van der Waals surface area contributed by atoms with Crippen LogP contribution in [0.15, 0.2) is 21.5 Å². The van der Waals surface area contributed by atoms with Crippen molar-refractivity contribution >= 4 is 31.9 Å². The molecule has 0 aliphatic carbocycles. The van der Waals surface area contributed by atoms with Gasteiger partial charge in [0, 0.05) is 11.0 Å². The molecular formula is C12H16BrNO5S. The highest BCUT2D eigenvalue weighted by atomic mass is 79.9. The molecule has 0 aromatic heterocycles. The van der Waals surface area contributed by atoms with Crippen LogP contribution in [-0.4, -0.2) is 36.7 Å². The zero-order valence-electron chi connectivity index (χ0n) is 11.3. The van der Waals surface area contributed by atoms with E-state index in [1.807, 2.05) is 0 Å². The van der Waals surface area contributed by atoms with Crippen LogP contribution in [0.1, 0.15) is 29.8 Å². The van der Waals surface area contributed by atoms with E-state index >= 15 is 0 Å². The summed E-state index contributed by atoms with van der Waals surface area (Å²) >= 11 is 3.14. The van der Waals surface area contributed by atoms with Crippen LogP contribution in [0.4, 0.5) is 0 Å². The number of aliphatic hydroxyl groups is 1. The van der Waals surface area contributed by atoms with Crippen molar-refractivity contribution in [3.8, 4) is 0 Å². The van der Waals surface area contributed by atoms with E-state index in [9.17, 15) is 18.3 Å². The summed E-state index contributed by atoms with van der Waals surface area (Å²) < 4.78 is 26.8. The lowest BCUT2D eigenvalue weighted by molar-refractivity contribution is 0.0695. The zero-order chi connectivity index (χ0) is 15.7. The van der Waals surface area contributed by atoms with Crippen molar-refractivity contribution in [3.05, 3.63) is 27.7 Å². The molecule has 112 valence electrons. The molecule has 6 nitrogen and oxygen atoms in total. The smallest absolute Gasteiger partial charge is 0.336 e. The van der Waals surface area contributed by atoms with Crippen molar-refractivity contribution in [2.24, 2.45) is 0 Å². The molecule has 0 spiro atoms. The Morgan fingerprint density at radius 3 is 2.40 bits per heavy atom. The summed E-state index contributed by atoms with van der Waals surface area (Å²) in [5.41, 5.74) is -0.855. The minimum atomic E-state index is -3.89.